The van der Waals surface area contributed by atoms with Crippen molar-refractivity contribution in [2.75, 3.05) is 38.1 Å². The van der Waals surface area contributed by atoms with Crippen molar-refractivity contribution in [3.63, 3.8) is 0 Å². The predicted molar refractivity (Wildman–Crippen MR) is 78.6 cm³/mol. The lowest BCUT2D eigenvalue weighted by Gasteiger charge is -2.37. The van der Waals surface area contributed by atoms with Crippen LogP contribution in [0, 0.1) is 20.8 Å². The third-order valence-electron chi connectivity index (χ3n) is 3.66. The van der Waals surface area contributed by atoms with Gasteiger partial charge >= 0.3 is 0 Å². The first-order valence-electron chi connectivity index (χ1n) is 6.82. The molecule has 3 nitrogen and oxygen atoms in total. The molecule has 0 spiro atoms. The molecular formula is C15H25N3. The Kier molecular flexibility index (Phi) is 4.25. The molecule has 1 unspecified atom stereocenters. The molecule has 2 N–H and O–H groups in total. The van der Waals surface area contributed by atoms with Crippen LogP contribution >= 0.6 is 0 Å². The van der Waals surface area contributed by atoms with E-state index in [1.165, 1.54) is 22.4 Å². The average molecular weight is 247 g/mol. The van der Waals surface area contributed by atoms with Gasteiger partial charge in [0.05, 0.1) is 0 Å². The summed E-state index contributed by atoms with van der Waals surface area (Å²) < 4.78 is 0. The van der Waals surface area contributed by atoms with Gasteiger partial charge in [0, 0.05) is 37.9 Å². The summed E-state index contributed by atoms with van der Waals surface area (Å²) in [5.74, 6) is 0. The molecule has 0 saturated carbocycles. The fourth-order valence-electron chi connectivity index (χ4n) is 3.08. The highest BCUT2D eigenvalue weighted by Crippen LogP contribution is 2.27. The van der Waals surface area contributed by atoms with Crippen molar-refractivity contribution in [2.45, 2.75) is 26.8 Å². The van der Waals surface area contributed by atoms with Gasteiger partial charge in [0.2, 0.25) is 0 Å². The molecule has 1 aromatic carbocycles. The molecule has 3 heteroatoms. The van der Waals surface area contributed by atoms with Gasteiger partial charge in [0.15, 0.2) is 0 Å². The molecule has 1 aliphatic rings. The monoisotopic (exact) mass is 247 g/mol. The number of anilines is 1. The quantitative estimate of drug-likeness (QED) is 0.850. The Hall–Kier alpha value is -1.06. The molecule has 0 amide bonds. The number of piperazine rings is 1. The Labute approximate surface area is 111 Å². The lowest BCUT2D eigenvalue weighted by atomic mass is 10.0. The van der Waals surface area contributed by atoms with Crippen LogP contribution in [0.2, 0.25) is 0 Å². The van der Waals surface area contributed by atoms with Crippen LogP contribution in [0.15, 0.2) is 12.1 Å². The Morgan fingerprint density at radius 2 is 1.94 bits per heavy atom. The zero-order valence-electron chi connectivity index (χ0n) is 12.0. The minimum Gasteiger partial charge on any atom is -0.368 e. The Balaban J connectivity index is 2.20. The second kappa shape index (κ2) is 5.72. The second-order valence-corrected chi connectivity index (χ2v) is 5.40. The van der Waals surface area contributed by atoms with Crippen LogP contribution in [0.5, 0.6) is 0 Å². The van der Waals surface area contributed by atoms with Crippen LogP contribution in [0.25, 0.3) is 0 Å². The minimum absolute atomic E-state index is 0.545. The van der Waals surface area contributed by atoms with E-state index in [9.17, 15) is 0 Å². The summed E-state index contributed by atoms with van der Waals surface area (Å²) in [6.07, 6.45) is 0. The largest absolute Gasteiger partial charge is 0.368 e. The highest BCUT2D eigenvalue weighted by Gasteiger charge is 2.21. The summed E-state index contributed by atoms with van der Waals surface area (Å²) in [5, 5.41) is 6.82. The molecule has 0 aliphatic carbocycles. The smallest absolute Gasteiger partial charge is 0.0426 e. The molecule has 1 fully saturated rings. The van der Waals surface area contributed by atoms with E-state index in [0.717, 1.165) is 26.2 Å². The van der Waals surface area contributed by atoms with Gasteiger partial charge in [-0.15, -0.1) is 0 Å². The SMILES string of the molecule is CNCC1CN(c2c(C)cc(C)cc2C)CCN1. The highest BCUT2D eigenvalue weighted by molar-refractivity contribution is 5.60. The lowest BCUT2D eigenvalue weighted by Crippen LogP contribution is -2.54. The third-order valence-corrected chi connectivity index (χ3v) is 3.66. The Morgan fingerprint density at radius 1 is 1.28 bits per heavy atom. The van der Waals surface area contributed by atoms with Gasteiger partial charge in [0.1, 0.15) is 0 Å². The molecule has 1 saturated heterocycles. The molecule has 0 aromatic heterocycles. The molecule has 0 bridgehead atoms. The number of aryl methyl sites for hydroxylation is 3. The van der Waals surface area contributed by atoms with E-state index < -0.39 is 0 Å². The van der Waals surface area contributed by atoms with Crippen LogP contribution in [-0.4, -0.2) is 39.3 Å². The van der Waals surface area contributed by atoms with Gasteiger partial charge in [-0.2, -0.15) is 0 Å². The first kappa shape index (κ1) is 13.4. The number of rotatable bonds is 3. The summed E-state index contributed by atoms with van der Waals surface area (Å²) in [6, 6.07) is 5.12. The summed E-state index contributed by atoms with van der Waals surface area (Å²) in [5.41, 5.74) is 5.59. The van der Waals surface area contributed by atoms with Crippen LogP contribution in [-0.2, 0) is 0 Å². The molecule has 0 radical (unpaired) electrons. The fraction of sp³-hybridized carbons (Fsp3) is 0.600. The van der Waals surface area contributed by atoms with Crippen LogP contribution in [0.4, 0.5) is 5.69 Å². The van der Waals surface area contributed by atoms with Crippen molar-refractivity contribution in [1.29, 1.82) is 0 Å². The minimum atomic E-state index is 0.545. The first-order chi connectivity index (χ1) is 8.61. The number of hydrogen-bond donors (Lipinski definition) is 2. The standard InChI is InChI=1S/C15H25N3/c1-11-7-12(2)15(13(3)8-11)18-6-5-17-14(10-18)9-16-4/h7-8,14,16-17H,5-6,9-10H2,1-4H3. The van der Waals surface area contributed by atoms with Gasteiger partial charge in [0.25, 0.3) is 0 Å². The van der Waals surface area contributed by atoms with E-state index in [-0.39, 0.29) is 0 Å². The van der Waals surface area contributed by atoms with Gasteiger partial charge in [-0.05, 0) is 38.9 Å². The van der Waals surface area contributed by atoms with E-state index in [1.54, 1.807) is 0 Å². The van der Waals surface area contributed by atoms with Gasteiger partial charge in [-0.25, -0.2) is 0 Å². The van der Waals surface area contributed by atoms with E-state index in [1.807, 2.05) is 7.05 Å². The van der Waals surface area contributed by atoms with Crippen molar-refractivity contribution in [2.24, 2.45) is 0 Å². The van der Waals surface area contributed by atoms with Crippen LogP contribution < -0.4 is 15.5 Å². The number of likely N-dealkylation sites (N-methyl/N-ethyl adjacent to an activating group) is 1. The van der Waals surface area contributed by atoms with Crippen molar-refractivity contribution in [1.82, 2.24) is 10.6 Å². The summed E-state index contributed by atoms with van der Waals surface area (Å²) in [4.78, 5) is 2.53. The highest BCUT2D eigenvalue weighted by atomic mass is 15.2. The van der Waals surface area contributed by atoms with E-state index >= 15 is 0 Å². The van der Waals surface area contributed by atoms with Gasteiger partial charge in [-0.1, -0.05) is 17.7 Å². The average Bonchev–Trinajstić information content (AvgIpc) is 2.28. The molecule has 18 heavy (non-hydrogen) atoms. The topological polar surface area (TPSA) is 27.3 Å². The van der Waals surface area contributed by atoms with E-state index in [0.29, 0.717) is 6.04 Å². The number of hydrogen-bond acceptors (Lipinski definition) is 3. The zero-order chi connectivity index (χ0) is 13.1. The maximum atomic E-state index is 3.57. The number of nitrogens with zero attached hydrogens (tertiary/aromatic N) is 1. The predicted octanol–water partition coefficient (Wildman–Crippen LogP) is 1.61. The maximum absolute atomic E-state index is 3.57. The normalized spacial score (nSPS) is 20.2. The van der Waals surface area contributed by atoms with Crippen molar-refractivity contribution in [3.05, 3.63) is 28.8 Å². The second-order valence-electron chi connectivity index (χ2n) is 5.40. The third kappa shape index (κ3) is 2.85. The molecular weight excluding hydrogens is 222 g/mol. The number of nitrogens with one attached hydrogen (secondary N) is 2. The summed E-state index contributed by atoms with van der Waals surface area (Å²) in [6.45, 7) is 10.9. The lowest BCUT2D eigenvalue weighted by molar-refractivity contribution is 0.443. The number of benzene rings is 1. The van der Waals surface area contributed by atoms with Gasteiger partial charge < -0.3 is 15.5 Å². The molecule has 1 atom stereocenters. The summed E-state index contributed by atoms with van der Waals surface area (Å²) >= 11 is 0. The molecule has 1 aliphatic heterocycles. The van der Waals surface area contributed by atoms with Crippen molar-refractivity contribution < 1.29 is 0 Å². The molecule has 2 rings (SSSR count). The molecule has 1 aromatic rings. The van der Waals surface area contributed by atoms with Crippen LogP contribution in [0.1, 0.15) is 16.7 Å². The molecule has 1 heterocycles. The maximum Gasteiger partial charge on any atom is 0.0426 e. The van der Waals surface area contributed by atoms with Crippen molar-refractivity contribution in [3.8, 4) is 0 Å². The van der Waals surface area contributed by atoms with E-state index in [2.05, 4.69) is 48.4 Å². The zero-order valence-corrected chi connectivity index (χ0v) is 12.0. The Morgan fingerprint density at radius 3 is 2.56 bits per heavy atom. The summed E-state index contributed by atoms with van der Waals surface area (Å²) in [7, 11) is 2.02. The van der Waals surface area contributed by atoms with E-state index in [4.69, 9.17) is 0 Å². The van der Waals surface area contributed by atoms with Crippen molar-refractivity contribution >= 4 is 5.69 Å². The molecule has 100 valence electrons. The fourth-order valence-corrected chi connectivity index (χ4v) is 3.08. The Bertz CT molecular complexity index is 389. The van der Waals surface area contributed by atoms with Gasteiger partial charge in [-0.3, -0.25) is 0 Å². The first-order valence-corrected chi connectivity index (χ1v) is 6.82. The van der Waals surface area contributed by atoms with Crippen LogP contribution in [0.3, 0.4) is 0 Å².